The van der Waals surface area contributed by atoms with E-state index in [0.717, 1.165) is 54.4 Å². The number of piperidine rings is 1. The summed E-state index contributed by atoms with van der Waals surface area (Å²) in [6.45, 7) is 1.47. The number of halogens is 1. The van der Waals surface area contributed by atoms with Crippen LogP contribution < -0.4 is 15.0 Å². The lowest BCUT2D eigenvalue weighted by Crippen LogP contribution is -2.38. The summed E-state index contributed by atoms with van der Waals surface area (Å²) in [4.78, 5) is 23.5. The minimum absolute atomic E-state index is 0.0366. The molecule has 1 fully saturated rings. The molecule has 4 rings (SSSR count). The van der Waals surface area contributed by atoms with E-state index in [9.17, 15) is 9.18 Å². The lowest BCUT2D eigenvalue weighted by molar-refractivity contribution is -0.120. The number of hydrogen-bond acceptors (Lipinski definition) is 5. The molecule has 7 heteroatoms. The Morgan fingerprint density at radius 1 is 1.07 bits per heavy atom. The van der Waals surface area contributed by atoms with Crippen LogP contribution in [0.3, 0.4) is 0 Å². The van der Waals surface area contributed by atoms with Gasteiger partial charge < -0.3 is 15.0 Å². The minimum Gasteiger partial charge on any atom is -0.497 e. The van der Waals surface area contributed by atoms with Crippen LogP contribution >= 0.6 is 0 Å². The molecule has 0 bridgehead atoms. The van der Waals surface area contributed by atoms with Gasteiger partial charge in [-0.25, -0.2) is 14.4 Å². The molecule has 1 amide bonds. The second-order valence-electron chi connectivity index (χ2n) is 7.25. The molecule has 0 spiro atoms. The van der Waals surface area contributed by atoms with Crippen molar-refractivity contribution in [3.63, 3.8) is 0 Å². The molecule has 0 atom stereocenters. The van der Waals surface area contributed by atoms with Crippen LogP contribution in [0.2, 0.25) is 0 Å². The molecule has 0 unspecified atom stereocenters. The van der Waals surface area contributed by atoms with Gasteiger partial charge in [-0.3, -0.25) is 4.79 Å². The SMILES string of the molecule is COc1ccc(NC(=O)C2CCN(c3cc(-c4ccc(F)cc4)ncn3)CC2)cc1. The molecule has 1 aliphatic rings. The topological polar surface area (TPSA) is 67.3 Å². The number of methoxy groups -OCH3 is 1. The molecule has 1 saturated heterocycles. The molecule has 1 N–H and O–H groups in total. The van der Waals surface area contributed by atoms with Gasteiger partial charge in [-0.2, -0.15) is 0 Å². The van der Waals surface area contributed by atoms with Crippen molar-refractivity contribution in [3.8, 4) is 17.0 Å². The number of nitrogens with zero attached hydrogens (tertiary/aromatic N) is 3. The zero-order valence-electron chi connectivity index (χ0n) is 16.7. The molecule has 6 nitrogen and oxygen atoms in total. The van der Waals surface area contributed by atoms with Crippen LogP contribution in [0.15, 0.2) is 60.9 Å². The maximum Gasteiger partial charge on any atom is 0.227 e. The first-order chi connectivity index (χ1) is 14.6. The maximum absolute atomic E-state index is 13.2. The Bertz CT molecular complexity index is 1000. The highest BCUT2D eigenvalue weighted by atomic mass is 19.1. The first-order valence-electron chi connectivity index (χ1n) is 9.90. The van der Waals surface area contributed by atoms with Gasteiger partial charge in [-0.05, 0) is 61.4 Å². The molecule has 0 saturated carbocycles. The van der Waals surface area contributed by atoms with Crippen LogP contribution in [0.5, 0.6) is 5.75 Å². The Labute approximate surface area is 174 Å². The number of rotatable bonds is 5. The standard InChI is InChI=1S/C23H23FN4O2/c1-30-20-8-6-19(7-9-20)27-23(29)17-10-12-28(13-11-17)22-14-21(25-15-26-22)16-2-4-18(24)5-3-16/h2-9,14-15,17H,10-13H2,1H3,(H,27,29). The first kappa shape index (κ1) is 19.8. The highest BCUT2D eigenvalue weighted by Crippen LogP contribution is 2.26. The quantitative estimate of drug-likeness (QED) is 0.690. The largest absolute Gasteiger partial charge is 0.497 e. The van der Waals surface area contributed by atoms with Gasteiger partial charge in [-0.15, -0.1) is 0 Å². The molecule has 30 heavy (non-hydrogen) atoms. The van der Waals surface area contributed by atoms with Crippen LogP contribution in [0.25, 0.3) is 11.3 Å². The number of anilines is 2. The Kier molecular flexibility index (Phi) is 5.88. The number of carbonyl (C=O) groups excluding carboxylic acids is 1. The summed E-state index contributed by atoms with van der Waals surface area (Å²) < 4.78 is 18.3. The monoisotopic (exact) mass is 406 g/mol. The van der Waals surface area contributed by atoms with Gasteiger partial charge in [0.1, 0.15) is 23.7 Å². The van der Waals surface area contributed by atoms with Crippen molar-refractivity contribution in [1.29, 1.82) is 0 Å². The summed E-state index contributed by atoms with van der Waals surface area (Å²) in [5.41, 5.74) is 2.36. The summed E-state index contributed by atoms with van der Waals surface area (Å²) in [5.74, 6) is 1.30. The van der Waals surface area contributed by atoms with E-state index in [0.29, 0.717) is 0 Å². The van der Waals surface area contributed by atoms with E-state index in [1.807, 2.05) is 30.3 Å². The Balaban J connectivity index is 1.36. The average Bonchev–Trinajstić information content (AvgIpc) is 2.80. The number of nitrogens with one attached hydrogen (secondary N) is 1. The number of amides is 1. The number of carbonyl (C=O) groups is 1. The van der Waals surface area contributed by atoms with Gasteiger partial charge in [0.15, 0.2) is 0 Å². The molecule has 2 heterocycles. The Hall–Kier alpha value is -3.48. The predicted molar refractivity (Wildman–Crippen MR) is 114 cm³/mol. The highest BCUT2D eigenvalue weighted by Gasteiger charge is 2.26. The van der Waals surface area contributed by atoms with E-state index in [2.05, 4.69) is 20.2 Å². The third-order valence-electron chi connectivity index (χ3n) is 5.34. The average molecular weight is 406 g/mol. The fourth-order valence-electron chi connectivity index (χ4n) is 3.59. The van der Waals surface area contributed by atoms with E-state index in [-0.39, 0.29) is 17.6 Å². The molecule has 3 aromatic rings. The summed E-state index contributed by atoms with van der Waals surface area (Å²) in [6, 6.07) is 15.5. The van der Waals surface area contributed by atoms with Gasteiger partial charge >= 0.3 is 0 Å². The van der Waals surface area contributed by atoms with E-state index in [1.54, 1.807) is 19.2 Å². The Morgan fingerprint density at radius 3 is 2.43 bits per heavy atom. The van der Waals surface area contributed by atoms with Crippen LogP contribution in [-0.2, 0) is 4.79 Å². The number of hydrogen-bond donors (Lipinski definition) is 1. The zero-order chi connectivity index (χ0) is 20.9. The number of benzene rings is 2. The third-order valence-corrected chi connectivity index (χ3v) is 5.34. The van der Waals surface area contributed by atoms with Crippen molar-refractivity contribution in [1.82, 2.24) is 9.97 Å². The minimum atomic E-state index is -0.275. The molecule has 154 valence electrons. The maximum atomic E-state index is 13.2. The summed E-state index contributed by atoms with van der Waals surface area (Å²) in [5, 5.41) is 2.98. The summed E-state index contributed by atoms with van der Waals surface area (Å²) in [6.07, 6.45) is 3.02. The van der Waals surface area contributed by atoms with Crippen molar-refractivity contribution >= 4 is 17.4 Å². The molecular formula is C23H23FN4O2. The number of aromatic nitrogens is 2. The van der Waals surface area contributed by atoms with Gasteiger partial charge in [-0.1, -0.05) is 0 Å². The third kappa shape index (κ3) is 4.56. The highest BCUT2D eigenvalue weighted by molar-refractivity contribution is 5.92. The first-order valence-corrected chi connectivity index (χ1v) is 9.90. The van der Waals surface area contributed by atoms with E-state index < -0.39 is 0 Å². The van der Waals surface area contributed by atoms with E-state index in [1.165, 1.54) is 18.5 Å². The molecule has 1 aliphatic heterocycles. The van der Waals surface area contributed by atoms with Gasteiger partial charge in [0.2, 0.25) is 5.91 Å². The molecule has 1 aromatic heterocycles. The second kappa shape index (κ2) is 8.90. The Morgan fingerprint density at radius 2 is 1.77 bits per heavy atom. The second-order valence-corrected chi connectivity index (χ2v) is 7.25. The van der Waals surface area contributed by atoms with Crippen LogP contribution in [0.1, 0.15) is 12.8 Å². The molecular weight excluding hydrogens is 383 g/mol. The zero-order valence-corrected chi connectivity index (χ0v) is 16.7. The lowest BCUT2D eigenvalue weighted by atomic mass is 9.95. The predicted octanol–water partition coefficient (Wildman–Crippen LogP) is 4.15. The van der Waals surface area contributed by atoms with Crippen molar-refractivity contribution < 1.29 is 13.9 Å². The van der Waals surface area contributed by atoms with Crippen molar-refractivity contribution in [2.45, 2.75) is 12.8 Å². The lowest BCUT2D eigenvalue weighted by Gasteiger charge is -2.32. The molecule has 0 aliphatic carbocycles. The summed E-state index contributed by atoms with van der Waals surface area (Å²) >= 11 is 0. The molecule has 0 radical (unpaired) electrons. The number of ether oxygens (including phenoxy) is 1. The van der Waals surface area contributed by atoms with E-state index >= 15 is 0 Å². The molecule has 2 aromatic carbocycles. The van der Waals surface area contributed by atoms with Gasteiger partial charge in [0.05, 0.1) is 12.8 Å². The fourth-order valence-corrected chi connectivity index (χ4v) is 3.59. The van der Waals surface area contributed by atoms with Gasteiger partial charge in [0, 0.05) is 36.3 Å². The van der Waals surface area contributed by atoms with Crippen LogP contribution in [0, 0.1) is 11.7 Å². The van der Waals surface area contributed by atoms with E-state index in [4.69, 9.17) is 4.74 Å². The smallest absolute Gasteiger partial charge is 0.227 e. The van der Waals surface area contributed by atoms with Crippen LogP contribution in [0.4, 0.5) is 15.9 Å². The normalized spacial score (nSPS) is 14.4. The van der Waals surface area contributed by atoms with Crippen molar-refractivity contribution in [2.24, 2.45) is 5.92 Å². The van der Waals surface area contributed by atoms with Crippen molar-refractivity contribution in [2.75, 3.05) is 30.4 Å². The van der Waals surface area contributed by atoms with Gasteiger partial charge in [0.25, 0.3) is 0 Å². The fraction of sp³-hybridized carbons (Fsp3) is 0.261. The van der Waals surface area contributed by atoms with Crippen molar-refractivity contribution in [3.05, 3.63) is 66.7 Å². The van der Waals surface area contributed by atoms with Crippen LogP contribution in [-0.4, -0.2) is 36.1 Å². The summed E-state index contributed by atoms with van der Waals surface area (Å²) in [7, 11) is 1.61.